The molecular weight excluding hydrogens is 282 g/mol. The van der Waals surface area contributed by atoms with Gasteiger partial charge in [-0.25, -0.2) is 4.68 Å². The number of nitrogens with zero attached hydrogens (tertiary/aromatic N) is 4. The second-order valence-corrected chi connectivity index (χ2v) is 4.73. The number of tetrazole rings is 1. The third-order valence-electron chi connectivity index (χ3n) is 2.57. The standard InChI is InChI=1S/C11H14BrN5/c1-7-5-9(6-8(2)10(7)12)11-14-15-16-17(11)4-3-13/h5-6H,3-4,13H2,1-2H3. The second kappa shape index (κ2) is 4.93. The van der Waals surface area contributed by atoms with E-state index in [-0.39, 0.29) is 0 Å². The molecule has 0 spiro atoms. The quantitative estimate of drug-likeness (QED) is 0.935. The van der Waals surface area contributed by atoms with Crippen molar-refractivity contribution in [3.63, 3.8) is 0 Å². The van der Waals surface area contributed by atoms with Gasteiger partial charge < -0.3 is 5.73 Å². The maximum absolute atomic E-state index is 5.53. The fraction of sp³-hybridized carbons (Fsp3) is 0.364. The predicted molar refractivity (Wildman–Crippen MR) is 69.5 cm³/mol. The molecule has 0 unspecified atom stereocenters. The summed E-state index contributed by atoms with van der Waals surface area (Å²) in [6.45, 7) is 5.25. The van der Waals surface area contributed by atoms with Gasteiger partial charge in [-0.2, -0.15) is 0 Å². The molecule has 0 bridgehead atoms. The number of nitrogens with two attached hydrogens (primary N) is 1. The molecule has 1 aromatic heterocycles. The Bertz CT molecular complexity index is 511. The van der Waals surface area contributed by atoms with Crippen molar-refractivity contribution >= 4 is 15.9 Å². The molecule has 17 heavy (non-hydrogen) atoms. The lowest BCUT2D eigenvalue weighted by atomic mass is 10.1. The van der Waals surface area contributed by atoms with Gasteiger partial charge in [-0.1, -0.05) is 15.9 Å². The minimum absolute atomic E-state index is 0.520. The van der Waals surface area contributed by atoms with Crippen molar-refractivity contribution in [3.05, 3.63) is 27.7 Å². The first kappa shape index (κ1) is 12.2. The smallest absolute Gasteiger partial charge is 0.182 e. The van der Waals surface area contributed by atoms with Crippen LogP contribution in [-0.4, -0.2) is 26.8 Å². The van der Waals surface area contributed by atoms with Crippen LogP contribution in [0, 0.1) is 13.8 Å². The first-order chi connectivity index (χ1) is 8.13. The Morgan fingerprint density at radius 2 is 1.94 bits per heavy atom. The zero-order chi connectivity index (χ0) is 12.4. The number of halogens is 1. The first-order valence-corrected chi connectivity index (χ1v) is 6.16. The molecule has 0 radical (unpaired) electrons. The van der Waals surface area contributed by atoms with Gasteiger partial charge in [0.25, 0.3) is 0 Å². The Labute approximate surface area is 108 Å². The fourth-order valence-electron chi connectivity index (χ4n) is 1.76. The molecule has 6 heteroatoms. The molecule has 2 rings (SSSR count). The van der Waals surface area contributed by atoms with Gasteiger partial charge in [-0.05, 0) is 47.5 Å². The van der Waals surface area contributed by atoms with Crippen molar-refractivity contribution in [2.75, 3.05) is 6.54 Å². The molecule has 2 N–H and O–H groups in total. The average molecular weight is 296 g/mol. The van der Waals surface area contributed by atoms with E-state index in [2.05, 4.69) is 57.4 Å². The molecular formula is C11H14BrN5. The Morgan fingerprint density at radius 3 is 2.53 bits per heavy atom. The molecule has 90 valence electrons. The lowest BCUT2D eigenvalue weighted by Crippen LogP contribution is -2.12. The first-order valence-electron chi connectivity index (χ1n) is 5.37. The molecule has 0 saturated carbocycles. The van der Waals surface area contributed by atoms with E-state index >= 15 is 0 Å². The highest BCUT2D eigenvalue weighted by Gasteiger charge is 2.10. The van der Waals surface area contributed by atoms with Crippen LogP contribution in [0.15, 0.2) is 16.6 Å². The van der Waals surface area contributed by atoms with E-state index in [1.165, 1.54) is 11.1 Å². The average Bonchev–Trinajstić information content (AvgIpc) is 2.74. The molecule has 5 nitrogen and oxygen atoms in total. The molecule has 0 aliphatic heterocycles. The fourth-order valence-corrected chi connectivity index (χ4v) is 1.99. The molecule has 1 heterocycles. The van der Waals surface area contributed by atoms with Crippen LogP contribution < -0.4 is 5.73 Å². The summed E-state index contributed by atoms with van der Waals surface area (Å²) in [5, 5.41) is 11.7. The highest BCUT2D eigenvalue weighted by atomic mass is 79.9. The monoisotopic (exact) mass is 295 g/mol. The van der Waals surface area contributed by atoms with E-state index in [0.29, 0.717) is 13.1 Å². The van der Waals surface area contributed by atoms with Crippen LogP contribution in [-0.2, 0) is 6.54 Å². The third kappa shape index (κ3) is 2.37. The van der Waals surface area contributed by atoms with Crippen molar-refractivity contribution in [3.8, 4) is 11.4 Å². The molecule has 0 fully saturated rings. The van der Waals surface area contributed by atoms with Crippen LogP contribution in [0.5, 0.6) is 0 Å². The second-order valence-electron chi connectivity index (χ2n) is 3.94. The van der Waals surface area contributed by atoms with Crippen LogP contribution in [0.4, 0.5) is 0 Å². The molecule has 0 aliphatic rings. The van der Waals surface area contributed by atoms with Crippen molar-refractivity contribution in [1.29, 1.82) is 0 Å². The summed E-state index contributed by atoms with van der Waals surface area (Å²) in [5.41, 5.74) is 8.88. The Kier molecular flexibility index (Phi) is 3.54. The third-order valence-corrected chi connectivity index (χ3v) is 3.82. The highest BCUT2D eigenvalue weighted by molar-refractivity contribution is 9.10. The summed E-state index contributed by atoms with van der Waals surface area (Å²) in [4.78, 5) is 0. The van der Waals surface area contributed by atoms with Crippen molar-refractivity contribution < 1.29 is 0 Å². The van der Waals surface area contributed by atoms with Crippen molar-refractivity contribution in [2.45, 2.75) is 20.4 Å². The minimum atomic E-state index is 0.520. The van der Waals surface area contributed by atoms with E-state index < -0.39 is 0 Å². The van der Waals surface area contributed by atoms with E-state index in [9.17, 15) is 0 Å². The number of aryl methyl sites for hydroxylation is 2. The van der Waals surface area contributed by atoms with Crippen LogP contribution in [0.3, 0.4) is 0 Å². The summed E-state index contributed by atoms with van der Waals surface area (Å²) in [6.07, 6.45) is 0. The normalized spacial score (nSPS) is 10.8. The topological polar surface area (TPSA) is 69.6 Å². The summed E-state index contributed by atoms with van der Waals surface area (Å²) >= 11 is 3.55. The van der Waals surface area contributed by atoms with E-state index in [1.807, 2.05) is 0 Å². The highest BCUT2D eigenvalue weighted by Crippen LogP contribution is 2.27. The van der Waals surface area contributed by atoms with Gasteiger partial charge in [0.2, 0.25) is 0 Å². The zero-order valence-electron chi connectivity index (χ0n) is 9.81. The summed E-state index contributed by atoms with van der Waals surface area (Å²) < 4.78 is 2.85. The lowest BCUT2D eigenvalue weighted by molar-refractivity contribution is 0.603. The number of rotatable bonds is 3. The van der Waals surface area contributed by atoms with E-state index in [4.69, 9.17) is 5.73 Å². The van der Waals surface area contributed by atoms with Gasteiger partial charge in [0, 0.05) is 16.6 Å². The number of hydrogen-bond acceptors (Lipinski definition) is 4. The van der Waals surface area contributed by atoms with Crippen LogP contribution in [0.1, 0.15) is 11.1 Å². The lowest BCUT2D eigenvalue weighted by Gasteiger charge is -2.07. The van der Waals surface area contributed by atoms with Crippen molar-refractivity contribution in [1.82, 2.24) is 20.2 Å². The van der Waals surface area contributed by atoms with Gasteiger partial charge in [-0.3, -0.25) is 0 Å². The zero-order valence-corrected chi connectivity index (χ0v) is 11.4. The van der Waals surface area contributed by atoms with Crippen LogP contribution in [0.2, 0.25) is 0 Å². The summed E-state index contributed by atoms with van der Waals surface area (Å²) in [7, 11) is 0. The van der Waals surface area contributed by atoms with Gasteiger partial charge in [-0.15, -0.1) is 5.10 Å². The summed E-state index contributed by atoms with van der Waals surface area (Å²) in [5.74, 6) is 0.758. The molecule has 0 amide bonds. The van der Waals surface area contributed by atoms with Gasteiger partial charge in [0.05, 0.1) is 6.54 Å². The maximum Gasteiger partial charge on any atom is 0.182 e. The molecule has 0 atom stereocenters. The molecule has 2 aromatic rings. The van der Waals surface area contributed by atoms with Gasteiger partial charge >= 0.3 is 0 Å². The number of hydrogen-bond donors (Lipinski definition) is 1. The van der Waals surface area contributed by atoms with Gasteiger partial charge in [0.15, 0.2) is 5.82 Å². The number of benzene rings is 1. The SMILES string of the molecule is Cc1cc(-c2nnnn2CCN)cc(C)c1Br. The van der Waals surface area contributed by atoms with E-state index in [0.717, 1.165) is 15.9 Å². The largest absolute Gasteiger partial charge is 0.329 e. The van der Waals surface area contributed by atoms with Crippen LogP contribution >= 0.6 is 15.9 Å². The Morgan fingerprint density at radius 1 is 1.29 bits per heavy atom. The Hall–Kier alpha value is -1.27. The van der Waals surface area contributed by atoms with Crippen molar-refractivity contribution in [2.24, 2.45) is 5.73 Å². The van der Waals surface area contributed by atoms with Gasteiger partial charge in [0.1, 0.15) is 0 Å². The predicted octanol–water partition coefficient (Wildman–Crippen LogP) is 1.68. The number of aromatic nitrogens is 4. The summed E-state index contributed by atoms with van der Waals surface area (Å²) in [6, 6.07) is 4.13. The molecule has 1 aromatic carbocycles. The van der Waals surface area contributed by atoms with E-state index in [1.54, 1.807) is 4.68 Å². The van der Waals surface area contributed by atoms with Crippen LogP contribution in [0.25, 0.3) is 11.4 Å². The minimum Gasteiger partial charge on any atom is -0.329 e. The Balaban J connectivity index is 2.49. The maximum atomic E-state index is 5.53. The molecule has 0 saturated heterocycles. The molecule has 0 aliphatic carbocycles.